The standard InChI is InChI=1S/C9H17NO.C2H6/c1-8-5-9(6-10(8)2)3-4-11-7-9;1-2/h8H,3-7H2,1-2H3;1-2H3. The topological polar surface area (TPSA) is 12.5 Å². The van der Waals surface area contributed by atoms with Crippen LogP contribution in [-0.4, -0.2) is 37.7 Å². The summed E-state index contributed by atoms with van der Waals surface area (Å²) in [5, 5.41) is 0. The lowest BCUT2D eigenvalue weighted by molar-refractivity contribution is 0.154. The van der Waals surface area contributed by atoms with Crippen molar-refractivity contribution in [1.29, 1.82) is 0 Å². The zero-order chi connectivity index (χ0) is 9.90. The van der Waals surface area contributed by atoms with Crippen molar-refractivity contribution >= 4 is 0 Å². The van der Waals surface area contributed by atoms with Gasteiger partial charge in [-0.05, 0) is 26.8 Å². The number of nitrogens with zero attached hydrogens (tertiary/aromatic N) is 1. The van der Waals surface area contributed by atoms with E-state index in [1.807, 2.05) is 13.8 Å². The molecule has 1 spiro atoms. The Morgan fingerprint density at radius 1 is 1.38 bits per heavy atom. The fourth-order valence-electron chi connectivity index (χ4n) is 2.47. The predicted molar refractivity (Wildman–Crippen MR) is 55.9 cm³/mol. The SMILES string of the molecule is CC.CC1CC2(CCOC2)CN1C. The summed E-state index contributed by atoms with van der Waals surface area (Å²) in [6.07, 6.45) is 2.62. The second kappa shape index (κ2) is 4.43. The Morgan fingerprint density at radius 3 is 2.46 bits per heavy atom. The van der Waals surface area contributed by atoms with Gasteiger partial charge in [-0.15, -0.1) is 0 Å². The number of hydrogen-bond acceptors (Lipinski definition) is 2. The number of rotatable bonds is 0. The summed E-state index contributed by atoms with van der Waals surface area (Å²) in [5.74, 6) is 0. The Kier molecular flexibility index (Phi) is 3.74. The molecule has 0 aromatic heterocycles. The summed E-state index contributed by atoms with van der Waals surface area (Å²) < 4.78 is 5.45. The summed E-state index contributed by atoms with van der Waals surface area (Å²) in [5.41, 5.74) is 0.536. The molecule has 2 aliphatic rings. The third-order valence-electron chi connectivity index (χ3n) is 3.25. The smallest absolute Gasteiger partial charge is 0.0536 e. The highest BCUT2D eigenvalue weighted by Gasteiger charge is 2.43. The highest BCUT2D eigenvalue weighted by molar-refractivity contribution is 4.95. The van der Waals surface area contributed by atoms with Crippen LogP contribution in [0.15, 0.2) is 0 Å². The molecular weight excluding hydrogens is 162 g/mol. The van der Waals surface area contributed by atoms with E-state index in [-0.39, 0.29) is 0 Å². The monoisotopic (exact) mass is 185 g/mol. The van der Waals surface area contributed by atoms with E-state index in [1.165, 1.54) is 19.4 Å². The summed E-state index contributed by atoms with van der Waals surface area (Å²) in [4.78, 5) is 2.45. The number of ether oxygens (including phenoxy) is 1. The lowest BCUT2D eigenvalue weighted by Gasteiger charge is -2.19. The van der Waals surface area contributed by atoms with E-state index in [2.05, 4.69) is 18.9 Å². The molecule has 78 valence electrons. The summed E-state index contributed by atoms with van der Waals surface area (Å²) in [6.45, 7) is 9.55. The quantitative estimate of drug-likeness (QED) is 0.573. The van der Waals surface area contributed by atoms with Crippen molar-refractivity contribution in [1.82, 2.24) is 4.90 Å². The fraction of sp³-hybridized carbons (Fsp3) is 1.00. The Hall–Kier alpha value is -0.0800. The molecule has 2 saturated heterocycles. The predicted octanol–water partition coefficient (Wildman–Crippen LogP) is 2.14. The Bertz CT molecular complexity index is 140. The first-order valence-electron chi connectivity index (χ1n) is 5.50. The Balaban J connectivity index is 0.000000396. The minimum Gasteiger partial charge on any atom is -0.381 e. The maximum atomic E-state index is 5.45. The van der Waals surface area contributed by atoms with Crippen LogP contribution in [0.25, 0.3) is 0 Å². The lowest BCUT2D eigenvalue weighted by Crippen LogP contribution is -2.25. The molecule has 2 heterocycles. The molecule has 2 heteroatoms. The van der Waals surface area contributed by atoms with Crippen molar-refractivity contribution in [3.63, 3.8) is 0 Å². The van der Waals surface area contributed by atoms with E-state index < -0.39 is 0 Å². The van der Waals surface area contributed by atoms with Crippen molar-refractivity contribution < 1.29 is 4.74 Å². The molecule has 2 unspecified atom stereocenters. The third kappa shape index (κ3) is 2.23. The van der Waals surface area contributed by atoms with Gasteiger partial charge in [-0.2, -0.15) is 0 Å². The molecule has 0 N–H and O–H groups in total. The van der Waals surface area contributed by atoms with Crippen molar-refractivity contribution in [2.24, 2.45) is 5.41 Å². The third-order valence-corrected chi connectivity index (χ3v) is 3.25. The molecule has 2 atom stereocenters. The van der Waals surface area contributed by atoms with Crippen LogP contribution in [0.4, 0.5) is 0 Å². The van der Waals surface area contributed by atoms with Crippen LogP contribution >= 0.6 is 0 Å². The van der Waals surface area contributed by atoms with E-state index >= 15 is 0 Å². The number of likely N-dealkylation sites (tertiary alicyclic amines) is 1. The highest BCUT2D eigenvalue weighted by Crippen LogP contribution is 2.40. The van der Waals surface area contributed by atoms with Crippen molar-refractivity contribution in [3.8, 4) is 0 Å². The average Bonchev–Trinajstić information content (AvgIpc) is 2.66. The first-order chi connectivity index (χ1) is 6.22. The van der Waals surface area contributed by atoms with Crippen LogP contribution in [0.3, 0.4) is 0 Å². The first-order valence-corrected chi connectivity index (χ1v) is 5.50. The molecule has 0 radical (unpaired) electrons. The van der Waals surface area contributed by atoms with E-state index in [9.17, 15) is 0 Å². The summed E-state index contributed by atoms with van der Waals surface area (Å²) in [6, 6.07) is 0.761. The van der Waals surface area contributed by atoms with Crippen LogP contribution in [-0.2, 0) is 4.74 Å². The van der Waals surface area contributed by atoms with Gasteiger partial charge in [0.05, 0.1) is 6.61 Å². The number of hydrogen-bond donors (Lipinski definition) is 0. The van der Waals surface area contributed by atoms with Gasteiger partial charge >= 0.3 is 0 Å². The molecule has 2 rings (SSSR count). The molecule has 0 saturated carbocycles. The van der Waals surface area contributed by atoms with Crippen LogP contribution in [0, 0.1) is 5.41 Å². The minimum atomic E-state index is 0.536. The maximum Gasteiger partial charge on any atom is 0.0536 e. The maximum absolute atomic E-state index is 5.45. The van der Waals surface area contributed by atoms with Gasteiger partial charge in [0, 0.05) is 24.6 Å². The molecule has 0 aliphatic carbocycles. The fourth-order valence-corrected chi connectivity index (χ4v) is 2.47. The lowest BCUT2D eigenvalue weighted by atomic mass is 9.85. The van der Waals surface area contributed by atoms with Crippen LogP contribution < -0.4 is 0 Å². The van der Waals surface area contributed by atoms with Crippen molar-refractivity contribution in [2.75, 3.05) is 26.8 Å². The largest absolute Gasteiger partial charge is 0.381 e. The van der Waals surface area contributed by atoms with E-state index in [4.69, 9.17) is 4.74 Å². The average molecular weight is 185 g/mol. The van der Waals surface area contributed by atoms with Crippen LogP contribution in [0.5, 0.6) is 0 Å². The first kappa shape index (κ1) is 11.0. The van der Waals surface area contributed by atoms with Gasteiger partial charge in [0.25, 0.3) is 0 Å². The van der Waals surface area contributed by atoms with E-state index in [1.54, 1.807) is 0 Å². The van der Waals surface area contributed by atoms with Crippen LogP contribution in [0.2, 0.25) is 0 Å². The second-order valence-electron chi connectivity index (χ2n) is 4.27. The molecular formula is C11H23NO. The molecule has 2 aliphatic heterocycles. The zero-order valence-electron chi connectivity index (χ0n) is 9.47. The van der Waals surface area contributed by atoms with Crippen LogP contribution in [0.1, 0.15) is 33.6 Å². The van der Waals surface area contributed by atoms with Crippen molar-refractivity contribution in [2.45, 2.75) is 39.7 Å². The van der Waals surface area contributed by atoms with Gasteiger partial charge in [0.2, 0.25) is 0 Å². The summed E-state index contributed by atoms with van der Waals surface area (Å²) >= 11 is 0. The Labute approximate surface area is 82.3 Å². The van der Waals surface area contributed by atoms with Gasteiger partial charge in [0.1, 0.15) is 0 Å². The molecule has 2 nitrogen and oxygen atoms in total. The van der Waals surface area contributed by atoms with Crippen molar-refractivity contribution in [3.05, 3.63) is 0 Å². The normalized spacial score (nSPS) is 39.2. The highest BCUT2D eigenvalue weighted by atomic mass is 16.5. The zero-order valence-corrected chi connectivity index (χ0v) is 9.47. The molecule has 0 amide bonds. The molecule has 2 fully saturated rings. The molecule has 13 heavy (non-hydrogen) atoms. The summed E-state index contributed by atoms with van der Waals surface area (Å²) in [7, 11) is 2.22. The molecule has 0 bridgehead atoms. The van der Waals surface area contributed by atoms with Gasteiger partial charge < -0.3 is 9.64 Å². The Morgan fingerprint density at radius 2 is 2.08 bits per heavy atom. The van der Waals surface area contributed by atoms with Gasteiger partial charge in [-0.25, -0.2) is 0 Å². The second-order valence-corrected chi connectivity index (χ2v) is 4.27. The molecule has 0 aromatic rings. The van der Waals surface area contributed by atoms with Gasteiger partial charge in [-0.3, -0.25) is 0 Å². The minimum absolute atomic E-state index is 0.536. The molecule has 0 aromatic carbocycles. The van der Waals surface area contributed by atoms with E-state index in [0.29, 0.717) is 5.41 Å². The van der Waals surface area contributed by atoms with Gasteiger partial charge in [0.15, 0.2) is 0 Å². The van der Waals surface area contributed by atoms with E-state index in [0.717, 1.165) is 19.3 Å². The van der Waals surface area contributed by atoms with Gasteiger partial charge in [-0.1, -0.05) is 13.8 Å².